The molecule has 0 amide bonds. The third-order valence-corrected chi connectivity index (χ3v) is 3.62. The first kappa shape index (κ1) is 12.2. The van der Waals surface area contributed by atoms with Gasteiger partial charge in [-0.2, -0.15) is 0 Å². The number of anilines is 2. The lowest BCUT2D eigenvalue weighted by molar-refractivity contribution is 0.757. The summed E-state index contributed by atoms with van der Waals surface area (Å²) in [6.45, 7) is 3.61. The van der Waals surface area contributed by atoms with Gasteiger partial charge in [-0.05, 0) is 49.1 Å². The van der Waals surface area contributed by atoms with Crippen LogP contribution in [-0.4, -0.2) is 11.5 Å². The van der Waals surface area contributed by atoms with Gasteiger partial charge in [0, 0.05) is 24.5 Å². The molecule has 0 atom stereocenters. The number of para-hydroxylation sites is 1. The van der Waals surface area contributed by atoms with Crippen molar-refractivity contribution in [2.24, 2.45) is 5.73 Å². The van der Waals surface area contributed by atoms with Crippen LogP contribution in [0.4, 0.5) is 11.5 Å². The number of hydrogen-bond acceptors (Lipinski definition) is 3. The van der Waals surface area contributed by atoms with Crippen LogP contribution >= 0.6 is 0 Å². The predicted octanol–water partition coefficient (Wildman–Crippen LogP) is 2.93. The van der Waals surface area contributed by atoms with Gasteiger partial charge in [-0.3, -0.25) is 0 Å². The second kappa shape index (κ2) is 5.02. The summed E-state index contributed by atoms with van der Waals surface area (Å²) in [5.41, 5.74) is 10.6. The number of hydrogen-bond donors (Lipinski definition) is 1. The Morgan fingerprint density at radius 1 is 1.26 bits per heavy atom. The maximum absolute atomic E-state index is 5.77. The molecule has 0 bridgehead atoms. The number of pyridine rings is 1. The Morgan fingerprint density at radius 2 is 2.11 bits per heavy atom. The van der Waals surface area contributed by atoms with E-state index in [9.17, 15) is 0 Å². The number of benzene rings is 1. The minimum Gasteiger partial charge on any atom is -0.326 e. The van der Waals surface area contributed by atoms with Gasteiger partial charge in [0.2, 0.25) is 0 Å². The van der Waals surface area contributed by atoms with Crippen molar-refractivity contribution in [3.05, 3.63) is 53.2 Å². The van der Waals surface area contributed by atoms with Crippen molar-refractivity contribution in [3.63, 3.8) is 0 Å². The Kier molecular flexibility index (Phi) is 3.22. The summed E-state index contributed by atoms with van der Waals surface area (Å²) in [5, 5.41) is 0. The van der Waals surface area contributed by atoms with Crippen molar-refractivity contribution < 1.29 is 0 Å². The van der Waals surface area contributed by atoms with E-state index in [1.165, 1.54) is 17.7 Å². The number of rotatable bonds is 2. The predicted molar refractivity (Wildman–Crippen MR) is 78.6 cm³/mol. The molecule has 0 saturated carbocycles. The topological polar surface area (TPSA) is 42.1 Å². The zero-order valence-electron chi connectivity index (χ0n) is 11.3. The van der Waals surface area contributed by atoms with Crippen molar-refractivity contribution in [1.29, 1.82) is 0 Å². The fourth-order valence-corrected chi connectivity index (χ4v) is 2.75. The van der Waals surface area contributed by atoms with Crippen molar-refractivity contribution >= 4 is 11.5 Å². The molecule has 1 aromatic heterocycles. The van der Waals surface area contributed by atoms with Crippen LogP contribution < -0.4 is 10.6 Å². The molecule has 1 aliphatic heterocycles. The Labute approximate surface area is 114 Å². The molecule has 0 spiro atoms. The molecular weight excluding hydrogens is 234 g/mol. The first-order chi connectivity index (χ1) is 9.28. The van der Waals surface area contributed by atoms with Crippen molar-refractivity contribution in [3.8, 4) is 0 Å². The molecule has 2 aromatic rings. The maximum atomic E-state index is 5.77. The minimum atomic E-state index is 0.561. The SMILES string of the molecule is Cc1cc(CN)cc(N2CCCc3ccccc32)n1. The lowest BCUT2D eigenvalue weighted by atomic mass is 10.0. The molecule has 0 fully saturated rings. The van der Waals surface area contributed by atoms with Gasteiger partial charge in [0.05, 0.1) is 0 Å². The molecule has 19 heavy (non-hydrogen) atoms. The highest BCUT2D eigenvalue weighted by Crippen LogP contribution is 2.32. The fourth-order valence-electron chi connectivity index (χ4n) is 2.75. The van der Waals surface area contributed by atoms with Crippen LogP contribution in [0.15, 0.2) is 36.4 Å². The fraction of sp³-hybridized carbons (Fsp3) is 0.312. The van der Waals surface area contributed by atoms with E-state index in [4.69, 9.17) is 5.73 Å². The van der Waals surface area contributed by atoms with E-state index in [1.807, 2.05) is 6.92 Å². The molecule has 98 valence electrons. The lowest BCUT2D eigenvalue weighted by Crippen LogP contribution is -2.25. The third-order valence-electron chi connectivity index (χ3n) is 3.62. The van der Waals surface area contributed by atoms with Crippen LogP contribution in [0.1, 0.15) is 23.2 Å². The van der Waals surface area contributed by atoms with Gasteiger partial charge in [-0.1, -0.05) is 18.2 Å². The van der Waals surface area contributed by atoms with Crippen molar-refractivity contribution in [2.45, 2.75) is 26.3 Å². The lowest BCUT2D eigenvalue weighted by Gasteiger charge is -2.30. The zero-order chi connectivity index (χ0) is 13.2. The molecule has 2 heterocycles. The summed E-state index contributed by atoms with van der Waals surface area (Å²) in [4.78, 5) is 6.99. The summed E-state index contributed by atoms with van der Waals surface area (Å²) in [5.74, 6) is 1.02. The second-order valence-electron chi connectivity index (χ2n) is 5.06. The van der Waals surface area contributed by atoms with Gasteiger partial charge in [-0.25, -0.2) is 4.98 Å². The number of nitrogens with two attached hydrogens (primary N) is 1. The van der Waals surface area contributed by atoms with Crippen LogP contribution in [0.3, 0.4) is 0 Å². The highest BCUT2D eigenvalue weighted by Gasteiger charge is 2.18. The van der Waals surface area contributed by atoms with Crippen LogP contribution in [-0.2, 0) is 13.0 Å². The van der Waals surface area contributed by atoms with Gasteiger partial charge < -0.3 is 10.6 Å². The van der Waals surface area contributed by atoms with Crippen molar-refractivity contribution in [2.75, 3.05) is 11.4 Å². The number of fused-ring (bicyclic) bond motifs is 1. The summed E-state index contributed by atoms with van der Waals surface area (Å²) in [7, 11) is 0. The van der Waals surface area contributed by atoms with Crippen LogP contribution in [0.5, 0.6) is 0 Å². The molecule has 2 N–H and O–H groups in total. The molecule has 0 saturated heterocycles. The van der Waals surface area contributed by atoms with E-state index in [-0.39, 0.29) is 0 Å². The van der Waals surface area contributed by atoms with E-state index in [1.54, 1.807) is 0 Å². The maximum Gasteiger partial charge on any atom is 0.133 e. The molecule has 0 radical (unpaired) electrons. The average molecular weight is 253 g/mol. The Bertz CT molecular complexity index is 592. The Morgan fingerprint density at radius 3 is 2.95 bits per heavy atom. The number of aromatic nitrogens is 1. The Hall–Kier alpha value is -1.87. The van der Waals surface area contributed by atoms with Crippen LogP contribution in [0.2, 0.25) is 0 Å². The van der Waals surface area contributed by atoms with Gasteiger partial charge in [0.15, 0.2) is 0 Å². The van der Waals surface area contributed by atoms with Gasteiger partial charge >= 0.3 is 0 Å². The number of nitrogens with zero attached hydrogens (tertiary/aromatic N) is 2. The normalized spacial score (nSPS) is 14.3. The zero-order valence-corrected chi connectivity index (χ0v) is 11.3. The summed E-state index contributed by atoms with van der Waals surface area (Å²) < 4.78 is 0. The van der Waals surface area contributed by atoms with Gasteiger partial charge in [0.25, 0.3) is 0 Å². The molecule has 3 rings (SSSR count). The van der Waals surface area contributed by atoms with Crippen molar-refractivity contribution in [1.82, 2.24) is 4.98 Å². The van der Waals surface area contributed by atoms with E-state index in [0.29, 0.717) is 6.54 Å². The molecule has 1 aliphatic rings. The average Bonchev–Trinajstić information content (AvgIpc) is 2.46. The standard InChI is InChI=1S/C16H19N3/c1-12-9-13(11-17)10-16(18-12)19-8-4-6-14-5-2-3-7-15(14)19/h2-3,5,7,9-10H,4,6,8,11,17H2,1H3. The molecule has 0 aliphatic carbocycles. The van der Waals surface area contributed by atoms with Crippen LogP contribution in [0.25, 0.3) is 0 Å². The van der Waals surface area contributed by atoms with E-state index >= 15 is 0 Å². The summed E-state index contributed by atoms with van der Waals surface area (Å²) >= 11 is 0. The molecule has 0 unspecified atom stereocenters. The van der Waals surface area contributed by atoms with Crippen LogP contribution in [0, 0.1) is 6.92 Å². The second-order valence-corrected chi connectivity index (χ2v) is 5.06. The van der Waals surface area contributed by atoms with Gasteiger partial charge in [0.1, 0.15) is 5.82 Å². The first-order valence-electron chi connectivity index (χ1n) is 6.81. The quantitative estimate of drug-likeness (QED) is 0.894. The Balaban J connectivity index is 2.06. The molecule has 3 nitrogen and oxygen atoms in total. The molecule has 1 aromatic carbocycles. The van der Waals surface area contributed by atoms with E-state index in [2.05, 4.69) is 46.3 Å². The molecular formula is C16H19N3. The number of aryl methyl sites for hydroxylation is 2. The monoisotopic (exact) mass is 253 g/mol. The third kappa shape index (κ3) is 2.34. The van der Waals surface area contributed by atoms with E-state index in [0.717, 1.165) is 30.0 Å². The van der Waals surface area contributed by atoms with E-state index < -0.39 is 0 Å². The highest BCUT2D eigenvalue weighted by atomic mass is 15.2. The van der Waals surface area contributed by atoms with Gasteiger partial charge in [-0.15, -0.1) is 0 Å². The first-order valence-corrected chi connectivity index (χ1v) is 6.81. The highest BCUT2D eigenvalue weighted by molar-refractivity contribution is 5.65. The smallest absolute Gasteiger partial charge is 0.133 e. The summed E-state index contributed by atoms with van der Waals surface area (Å²) in [6, 6.07) is 12.8. The summed E-state index contributed by atoms with van der Waals surface area (Å²) in [6.07, 6.45) is 2.33. The minimum absolute atomic E-state index is 0.561. The molecule has 3 heteroatoms. The largest absolute Gasteiger partial charge is 0.326 e.